The van der Waals surface area contributed by atoms with E-state index >= 15 is 0 Å². The number of aliphatic hydroxyl groups excluding tert-OH is 1. The molecule has 1 amide bonds. The fraction of sp³-hybridized carbons (Fsp3) is 0.333. The van der Waals surface area contributed by atoms with Crippen molar-refractivity contribution in [2.75, 3.05) is 11.9 Å². The number of aliphatic hydroxyl groups is 1. The Bertz CT molecular complexity index is 1100. The van der Waals surface area contributed by atoms with Crippen molar-refractivity contribution in [3.05, 3.63) is 72.4 Å². The number of esters is 1. The third kappa shape index (κ3) is 7.78. The predicted molar refractivity (Wildman–Crippen MR) is 130 cm³/mol. The Hall–Kier alpha value is -3.58. The molecule has 1 heterocycles. The van der Waals surface area contributed by atoms with Gasteiger partial charge in [-0.05, 0) is 30.5 Å². The predicted octanol–water partition coefficient (Wildman–Crippen LogP) is 4.43. The van der Waals surface area contributed by atoms with E-state index in [2.05, 4.69) is 10.3 Å². The molecule has 7 heteroatoms. The average Bonchev–Trinajstić information content (AvgIpc) is 2.87. The van der Waals surface area contributed by atoms with Crippen molar-refractivity contribution < 1.29 is 24.2 Å². The number of unbranched alkanes of at least 4 members (excludes halogenated alkanes) is 2. The van der Waals surface area contributed by atoms with Crippen molar-refractivity contribution in [3.8, 4) is 0 Å². The van der Waals surface area contributed by atoms with Gasteiger partial charge in [0.1, 0.15) is 13.2 Å². The van der Waals surface area contributed by atoms with E-state index in [4.69, 9.17) is 9.84 Å². The van der Waals surface area contributed by atoms with Crippen LogP contribution >= 0.6 is 0 Å². The zero-order valence-corrected chi connectivity index (χ0v) is 19.1. The SMILES string of the molecule is O=C(CO)CCCCCC(CC(=O)OCc1ccccc1)C(=O)Nc1cccc2cccnc12. The lowest BCUT2D eigenvalue weighted by molar-refractivity contribution is -0.147. The molecule has 1 unspecified atom stereocenters. The van der Waals surface area contributed by atoms with Crippen LogP contribution in [0.3, 0.4) is 0 Å². The number of hydrogen-bond acceptors (Lipinski definition) is 6. The molecule has 1 atom stereocenters. The maximum atomic E-state index is 13.2. The molecule has 2 aromatic carbocycles. The summed E-state index contributed by atoms with van der Waals surface area (Å²) in [7, 11) is 0. The lowest BCUT2D eigenvalue weighted by Gasteiger charge is -2.17. The number of benzene rings is 2. The van der Waals surface area contributed by atoms with E-state index in [1.165, 1.54) is 0 Å². The minimum atomic E-state index is -0.573. The first-order valence-electron chi connectivity index (χ1n) is 11.5. The molecule has 7 nitrogen and oxygen atoms in total. The molecule has 1 aromatic heterocycles. The summed E-state index contributed by atoms with van der Waals surface area (Å²) in [4.78, 5) is 41.3. The average molecular weight is 463 g/mol. The number of anilines is 1. The molecule has 0 aliphatic heterocycles. The minimum Gasteiger partial charge on any atom is -0.461 e. The maximum absolute atomic E-state index is 13.2. The van der Waals surface area contributed by atoms with E-state index in [0.29, 0.717) is 36.9 Å². The monoisotopic (exact) mass is 462 g/mol. The largest absolute Gasteiger partial charge is 0.461 e. The summed E-state index contributed by atoms with van der Waals surface area (Å²) in [6.07, 6.45) is 4.48. The maximum Gasteiger partial charge on any atom is 0.306 e. The van der Waals surface area contributed by atoms with Crippen LogP contribution in [-0.2, 0) is 25.7 Å². The molecule has 2 N–H and O–H groups in total. The molecule has 0 fully saturated rings. The van der Waals surface area contributed by atoms with E-state index in [9.17, 15) is 14.4 Å². The van der Waals surface area contributed by atoms with Crippen molar-refractivity contribution in [1.29, 1.82) is 0 Å². The number of rotatable bonds is 13. The Morgan fingerprint density at radius 2 is 1.74 bits per heavy atom. The van der Waals surface area contributed by atoms with Gasteiger partial charge in [0.05, 0.1) is 17.6 Å². The van der Waals surface area contributed by atoms with Gasteiger partial charge in [0.25, 0.3) is 0 Å². The third-order valence-corrected chi connectivity index (χ3v) is 5.60. The van der Waals surface area contributed by atoms with Gasteiger partial charge in [-0.3, -0.25) is 19.4 Å². The molecule has 0 spiro atoms. The van der Waals surface area contributed by atoms with Gasteiger partial charge in [-0.2, -0.15) is 0 Å². The van der Waals surface area contributed by atoms with Gasteiger partial charge in [-0.1, -0.05) is 61.4 Å². The second-order valence-electron chi connectivity index (χ2n) is 8.21. The number of aromatic nitrogens is 1. The Kier molecular flexibility index (Phi) is 9.73. The molecular formula is C27H30N2O5. The van der Waals surface area contributed by atoms with Crippen LogP contribution < -0.4 is 5.32 Å². The number of para-hydroxylation sites is 1. The molecule has 0 saturated heterocycles. The normalized spacial score (nSPS) is 11.7. The molecule has 3 rings (SSSR count). The summed E-state index contributed by atoms with van der Waals surface area (Å²) in [6.45, 7) is -0.290. The molecular weight excluding hydrogens is 432 g/mol. The van der Waals surface area contributed by atoms with Gasteiger partial charge in [0.15, 0.2) is 5.78 Å². The number of amides is 1. The number of hydrogen-bond donors (Lipinski definition) is 2. The highest BCUT2D eigenvalue weighted by molar-refractivity contribution is 6.01. The highest BCUT2D eigenvalue weighted by Gasteiger charge is 2.23. The molecule has 0 radical (unpaired) electrons. The smallest absolute Gasteiger partial charge is 0.306 e. The van der Waals surface area contributed by atoms with Crippen molar-refractivity contribution >= 4 is 34.3 Å². The number of nitrogens with zero attached hydrogens (tertiary/aromatic N) is 1. The van der Waals surface area contributed by atoms with Crippen LogP contribution in [0.1, 0.15) is 44.1 Å². The number of carbonyl (C=O) groups is 3. The topological polar surface area (TPSA) is 106 Å². The van der Waals surface area contributed by atoms with Crippen molar-refractivity contribution in [2.24, 2.45) is 5.92 Å². The van der Waals surface area contributed by atoms with Crippen LogP contribution in [0, 0.1) is 5.92 Å². The fourth-order valence-corrected chi connectivity index (χ4v) is 3.73. The van der Waals surface area contributed by atoms with Gasteiger partial charge in [0, 0.05) is 23.9 Å². The summed E-state index contributed by atoms with van der Waals surface area (Å²) < 4.78 is 5.40. The summed E-state index contributed by atoms with van der Waals surface area (Å²) in [5.74, 6) is -1.46. The first kappa shape index (κ1) is 25.1. The number of pyridine rings is 1. The summed E-state index contributed by atoms with van der Waals surface area (Å²) in [5, 5.41) is 12.7. The lowest BCUT2D eigenvalue weighted by atomic mass is 9.96. The zero-order valence-electron chi connectivity index (χ0n) is 19.1. The van der Waals surface area contributed by atoms with Crippen LogP contribution in [0.4, 0.5) is 5.69 Å². The van der Waals surface area contributed by atoms with Crippen molar-refractivity contribution in [3.63, 3.8) is 0 Å². The van der Waals surface area contributed by atoms with Crippen LogP contribution in [0.5, 0.6) is 0 Å². The molecule has 0 bridgehead atoms. The van der Waals surface area contributed by atoms with Crippen molar-refractivity contribution in [2.45, 2.75) is 45.1 Å². The summed E-state index contributed by atoms with van der Waals surface area (Å²) >= 11 is 0. The number of ether oxygens (including phenoxy) is 1. The van der Waals surface area contributed by atoms with E-state index in [-0.39, 0.29) is 24.7 Å². The number of Topliss-reactive ketones (excluding diaryl/α,β-unsaturated/α-hetero) is 1. The van der Waals surface area contributed by atoms with Crippen molar-refractivity contribution in [1.82, 2.24) is 4.98 Å². The molecule has 0 saturated carbocycles. The number of carbonyl (C=O) groups excluding carboxylic acids is 3. The third-order valence-electron chi connectivity index (χ3n) is 5.60. The van der Waals surface area contributed by atoms with Gasteiger partial charge in [-0.15, -0.1) is 0 Å². The van der Waals surface area contributed by atoms with Gasteiger partial charge in [0.2, 0.25) is 5.91 Å². The molecule has 0 aliphatic carbocycles. The fourth-order valence-electron chi connectivity index (χ4n) is 3.73. The quantitative estimate of drug-likeness (QED) is 0.287. The minimum absolute atomic E-state index is 0.0353. The van der Waals surface area contributed by atoms with E-state index < -0.39 is 18.5 Å². The number of fused-ring (bicyclic) bond motifs is 1. The number of nitrogens with one attached hydrogen (secondary N) is 1. The van der Waals surface area contributed by atoms with Gasteiger partial charge in [-0.25, -0.2) is 0 Å². The van der Waals surface area contributed by atoms with E-state index in [0.717, 1.165) is 17.4 Å². The second-order valence-corrected chi connectivity index (χ2v) is 8.21. The van der Waals surface area contributed by atoms with Gasteiger partial charge >= 0.3 is 5.97 Å². The van der Waals surface area contributed by atoms with E-state index in [1.807, 2.05) is 54.6 Å². The molecule has 178 valence electrons. The standard InChI is InChI=1S/C27H30N2O5/c30-18-23(31)14-6-2-5-11-22(17-25(32)34-19-20-9-3-1-4-10-20)27(33)29-24-15-7-12-21-13-8-16-28-26(21)24/h1,3-4,7-10,12-13,15-16,22,30H,2,5-6,11,14,17-19H2,(H,29,33). The highest BCUT2D eigenvalue weighted by Crippen LogP contribution is 2.23. The highest BCUT2D eigenvalue weighted by atomic mass is 16.5. The summed E-state index contributed by atoms with van der Waals surface area (Å²) in [6, 6.07) is 18.7. The summed E-state index contributed by atoms with van der Waals surface area (Å²) in [5.41, 5.74) is 2.16. The van der Waals surface area contributed by atoms with Gasteiger partial charge < -0.3 is 15.2 Å². The van der Waals surface area contributed by atoms with Crippen LogP contribution in [0.2, 0.25) is 0 Å². The molecule has 3 aromatic rings. The first-order valence-corrected chi connectivity index (χ1v) is 11.5. The Morgan fingerprint density at radius 3 is 2.53 bits per heavy atom. The first-order chi connectivity index (χ1) is 16.6. The van der Waals surface area contributed by atoms with Crippen LogP contribution in [0.25, 0.3) is 10.9 Å². The number of ketones is 1. The lowest BCUT2D eigenvalue weighted by Crippen LogP contribution is -2.26. The molecule has 0 aliphatic rings. The van der Waals surface area contributed by atoms with Crippen LogP contribution in [-0.4, -0.2) is 34.4 Å². The second kappa shape index (κ2) is 13.2. The Labute approximate surface area is 199 Å². The molecule has 34 heavy (non-hydrogen) atoms. The van der Waals surface area contributed by atoms with Crippen LogP contribution in [0.15, 0.2) is 66.9 Å². The van der Waals surface area contributed by atoms with E-state index in [1.54, 1.807) is 12.3 Å². The zero-order chi connectivity index (χ0) is 24.2. The Balaban J connectivity index is 1.62. The Morgan fingerprint density at radius 1 is 0.941 bits per heavy atom.